The van der Waals surface area contributed by atoms with Gasteiger partial charge in [-0.25, -0.2) is 4.39 Å². The molecule has 2 aromatic rings. The number of nitro groups is 1. The molecule has 2 N–H and O–H groups in total. The van der Waals surface area contributed by atoms with Crippen molar-refractivity contribution in [1.82, 2.24) is 9.78 Å². The number of benzene rings is 1. The Hall–Kier alpha value is -2.48. The molecule has 0 saturated heterocycles. The molecule has 100 valence electrons. The van der Waals surface area contributed by atoms with E-state index in [2.05, 4.69) is 10.4 Å². The molecule has 0 atom stereocenters. The molecule has 0 aliphatic rings. The fraction of sp³-hybridized carbons (Fsp3) is 0.182. The average molecular weight is 266 g/mol. The van der Waals surface area contributed by atoms with Crippen molar-refractivity contribution in [2.75, 3.05) is 11.9 Å². The zero-order valence-electron chi connectivity index (χ0n) is 9.78. The molecule has 2 rings (SSSR count). The van der Waals surface area contributed by atoms with Gasteiger partial charge in [0.25, 0.3) is 5.69 Å². The van der Waals surface area contributed by atoms with E-state index in [1.807, 2.05) is 0 Å². The molecule has 0 spiro atoms. The maximum absolute atomic E-state index is 13.0. The lowest BCUT2D eigenvalue weighted by molar-refractivity contribution is -0.384. The second kappa shape index (κ2) is 5.44. The molecule has 1 aromatic heterocycles. The zero-order chi connectivity index (χ0) is 13.8. The van der Waals surface area contributed by atoms with E-state index in [1.54, 1.807) is 6.20 Å². The van der Waals surface area contributed by atoms with Crippen LogP contribution in [0.5, 0.6) is 0 Å². The van der Waals surface area contributed by atoms with Crippen molar-refractivity contribution in [3.8, 4) is 0 Å². The Kier molecular flexibility index (Phi) is 3.71. The summed E-state index contributed by atoms with van der Waals surface area (Å²) in [4.78, 5) is 10.2. The van der Waals surface area contributed by atoms with Crippen LogP contribution in [0.1, 0.15) is 0 Å². The number of aromatic nitrogens is 2. The van der Waals surface area contributed by atoms with Crippen molar-refractivity contribution >= 4 is 17.1 Å². The minimum atomic E-state index is -0.673. The van der Waals surface area contributed by atoms with Gasteiger partial charge < -0.3 is 10.4 Å². The molecule has 7 nitrogen and oxygen atoms in total. The third-order valence-electron chi connectivity index (χ3n) is 2.40. The maximum atomic E-state index is 13.0. The average Bonchev–Trinajstić information content (AvgIpc) is 2.79. The Morgan fingerprint density at radius 2 is 2.32 bits per heavy atom. The summed E-state index contributed by atoms with van der Waals surface area (Å²) in [5.74, 6) is -0.673. The molecule has 0 fully saturated rings. The first kappa shape index (κ1) is 13.0. The van der Waals surface area contributed by atoms with Crippen LogP contribution in [0.3, 0.4) is 0 Å². The van der Waals surface area contributed by atoms with Crippen molar-refractivity contribution < 1.29 is 14.4 Å². The number of hydrogen-bond donors (Lipinski definition) is 2. The smallest absolute Gasteiger partial charge is 0.295 e. The predicted octanol–water partition coefficient (Wildman–Crippen LogP) is 1.67. The Bertz CT molecular complexity index is 599. The Labute approximate surface area is 107 Å². The van der Waals surface area contributed by atoms with Gasteiger partial charge in [0.05, 0.1) is 36.0 Å². The van der Waals surface area contributed by atoms with Crippen LogP contribution in [0.15, 0.2) is 30.6 Å². The zero-order valence-corrected chi connectivity index (χ0v) is 9.78. The summed E-state index contributed by atoms with van der Waals surface area (Å²) in [7, 11) is 0. The number of aliphatic hydroxyl groups excluding tert-OH is 1. The topological polar surface area (TPSA) is 93.2 Å². The minimum Gasteiger partial charge on any atom is -0.394 e. The van der Waals surface area contributed by atoms with E-state index in [0.717, 1.165) is 12.1 Å². The molecular formula is C11H11FN4O3. The number of nitrogens with zero attached hydrogens (tertiary/aromatic N) is 3. The van der Waals surface area contributed by atoms with Gasteiger partial charge in [0.1, 0.15) is 11.5 Å². The predicted molar refractivity (Wildman–Crippen MR) is 65.6 cm³/mol. The number of rotatable bonds is 5. The van der Waals surface area contributed by atoms with Gasteiger partial charge in [0, 0.05) is 6.20 Å². The summed E-state index contributed by atoms with van der Waals surface area (Å²) >= 11 is 0. The second-order valence-corrected chi connectivity index (χ2v) is 3.76. The largest absolute Gasteiger partial charge is 0.394 e. The van der Waals surface area contributed by atoms with E-state index in [9.17, 15) is 14.5 Å². The second-order valence-electron chi connectivity index (χ2n) is 3.76. The van der Waals surface area contributed by atoms with Gasteiger partial charge in [-0.3, -0.25) is 14.8 Å². The van der Waals surface area contributed by atoms with E-state index in [4.69, 9.17) is 5.11 Å². The van der Waals surface area contributed by atoms with Gasteiger partial charge in [-0.2, -0.15) is 5.10 Å². The lowest BCUT2D eigenvalue weighted by Crippen LogP contribution is -2.01. The standard InChI is InChI=1S/C11H11FN4O3/c12-8-1-2-10(11(5-8)16(18)19)14-9-6-13-15(7-9)3-4-17/h1-2,5-7,14,17H,3-4H2. The van der Waals surface area contributed by atoms with Crippen LogP contribution in [0.2, 0.25) is 0 Å². The highest BCUT2D eigenvalue weighted by Gasteiger charge is 2.15. The van der Waals surface area contributed by atoms with Gasteiger partial charge >= 0.3 is 0 Å². The van der Waals surface area contributed by atoms with Crippen molar-refractivity contribution in [2.24, 2.45) is 0 Å². The quantitative estimate of drug-likeness (QED) is 0.634. The molecule has 1 heterocycles. The van der Waals surface area contributed by atoms with Gasteiger partial charge in [0.2, 0.25) is 0 Å². The highest BCUT2D eigenvalue weighted by atomic mass is 19.1. The Balaban J connectivity index is 2.24. The molecule has 0 aliphatic heterocycles. The lowest BCUT2D eigenvalue weighted by Gasteiger charge is -2.04. The number of nitrogens with one attached hydrogen (secondary N) is 1. The number of anilines is 2. The first-order valence-corrected chi connectivity index (χ1v) is 5.44. The van der Waals surface area contributed by atoms with Crippen LogP contribution in [-0.4, -0.2) is 26.4 Å². The van der Waals surface area contributed by atoms with Crippen LogP contribution in [0, 0.1) is 15.9 Å². The van der Waals surface area contributed by atoms with Crippen molar-refractivity contribution in [2.45, 2.75) is 6.54 Å². The van der Waals surface area contributed by atoms with Gasteiger partial charge in [-0.1, -0.05) is 0 Å². The molecule has 0 aliphatic carbocycles. The van der Waals surface area contributed by atoms with Crippen molar-refractivity contribution in [3.05, 3.63) is 46.5 Å². The molecule has 0 saturated carbocycles. The van der Waals surface area contributed by atoms with Gasteiger partial charge in [-0.05, 0) is 12.1 Å². The third kappa shape index (κ3) is 3.05. The van der Waals surface area contributed by atoms with Crippen molar-refractivity contribution in [3.63, 3.8) is 0 Å². The first-order valence-electron chi connectivity index (χ1n) is 5.44. The summed E-state index contributed by atoms with van der Waals surface area (Å²) < 4.78 is 14.5. The number of hydrogen-bond acceptors (Lipinski definition) is 5. The highest BCUT2D eigenvalue weighted by Crippen LogP contribution is 2.27. The summed E-state index contributed by atoms with van der Waals surface area (Å²) in [5, 5.41) is 26.3. The van der Waals surface area contributed by atoms with Crippen LogP contribution in [0.4, 0.5) is 21.5 Å². The summed E-state index contributed by atoms with van der Waals surface area (Å²) in [5.41, 5.74) is 0.341. The summed E-state index contributed by atoms with van der Waals surface area (Å²) in [6.07, 6.45) is 3.05. The molecule has 1 aromatic carbocycles. The molecular weight excluding hydrogens is 255 g/mol. The summed E-state index contributed by atoms with van der Waals surface area (Å²) in [6.45, 7) is 0.269. The SMILES string of the molecule is O=[N+]([O-])c1cc(F)ccc1Nc1cnn(CCO)c1. The highest BCUT2D eigenvalue weighted by molar-refractivity contribution is 5.68. The number of halogens is 1. The summed E-state index contributed by atoms with van der Waals surface area (Å²) in [6, 6.07) is 3.27. The Morgan fingerprint density at radius 3 is 3.00 bits per heavy atom. The number of aliphatic hydroxyl groups is 1. The van der Waals surface area contributed by atoms with E-state index < -0.39 is 10.7 Å². The monoisotopic (exact) mass is 266 g/mol. The van der Waals surface area contributed by atoms with Crippen LogP contribution < -0.4 is 5.32 Å². The van der Waals surface area contributed by atoms with E-state index >= 15 is 0 Å². The third-order valence-corrected chi connectivity index (χ3v) is 2.40. The normalized spacial score (nSPS) is 10.4. The van der Waals surface area contributed by atoms with E-state index in [1.165, 1.54) is 16.9 Å². The molecule has 0 bridgehead atoms. The minimum absolute atomic E-state index is 0.0577. The first-order chi connectivity index (χ1) is 9.10. The van der Waals surface area contributed by atoms with Gasteiger partial charge in [-0.15, -0.1) is 0 Å². The van der Waals surface area contributed by atoms with Crippen LogP contribution >= 0.6 is 0 Å². The van der Waals surface area contributed by atoms with Crippen LogP contribution in [0.25, 0.3) is 0 Å². The number of nitro benzene ring substituents is 1. The molecule has 0 unspecified atom stereocenters. The van der Waals surface area contributed by atoms with E-state index in [0.29, 0.717) is 12.2 Å². The van der Waals surface area contributed by atoms with Crippen LogP contribution in [-0.2, 0) is 6.54 Å². The van der Waals surface area contributed by atoms with Gasteiger partial charge in [0.15, 0.2) is 0 Å². The van der Waals surface area contributed by atoms with Crippen molar-refractivity contribution in [1.29, 1.82) is 0 Å². The Morgan fingerprint density at radius 1 is 1.53 bits per heavy atom. The molecule has 19 heavy (non-hydrogen) atoms. The fourth-order valence-electron chi connectivity index (χ4n) is 1.57. The lowest BCUT2D eigenvalue weighted by atomic mass is 10.2. The molecule has 8 heteroatoms. The molecule has 0 amide bonds. The maximum Gasteiger partial charge on any atom is 0.295 e. The fourth-order valence-corrected chi connectivity index (χ4v) is 1.57. The van der Waals surface area contributed by atoms with E-state index in [-0.39, 0.29) is 18.0 Å². The molecule has 0 radical (unpaired) electrons.